The molecule has 2 rings (SSSR count). The maximum Gasteiger partial charge on any atom is 0.191 e. The van der Waals surface area contributed by atoms with Crippen molar-refractivity contribution in [2.45, 2.75) is 65.8 Å². The first-order valence-electron chi connectivity index (χ1n) is 9.27. The van der Waals surface area contributed by atoms with E-state index >= 15 is 0 Å². The van der Waals surface area contributed by atoms with Crippen molar-refractivity contribution in [1.29, 1.82) is 0 Å². The summed E-state index contributed by atoms with van der Waals surface area (Å²) in [5.74, 6) is 2.72. The first kappa shape index (κ1) is 22.3. The van der Waals surface area contributed by atoms with E-state index in [2.05, 4.69) is 23.6 Å². The van der Waals surface area contributed by atoms with Gasteiger partial charge in [-0.1, -0.05) is 19.3 Å². The van der Waals surface area contributed by atoms with E-state index in [1.165, 1.54) is 32.1 Å². The van der Waals surface area contributed by atoms with Gasteiger partial charge >= 0.3 is 0 Å². The maximum atomic E-state index is 9.45. The van der Waals surface area contributed by atoms with Crippen LogP contribution in [0, 0.1) is 19.3 Å². The Kier molecular flexibility index (Phi) is 9.86. The molecular weight excluding hydrogens is 429 g/mol. The van der Waals surface area contributed by atoms with Crippen LogP contribution in [0.4, 0.5) is 0 Å². The van der Waals surface area contributed by atoms with Gasteiger partial charge in [0.05, 0.1) is 6.54 Å². The zero-order valence-electron chi connectivity index (χ0n) is 15.9. The molecule has 1 aromatic rings. The monoisotopic (exact) mass is 463 g/mol. The summed E-state index contributed by atoms with van der Waals surface area (Å²) < 4.78 is 5.57. The van der Waals surface area contributed by atoms with E-state index in [0.29, 0.717) is 6.54 Å². The summed E-state index contributed by atoms with van der Waals surface area (Å²) in [4.78, 5) is 4.71. The van der Waals surface area contributed by atoms with Gasteiger partial charge in [-0.15, -0.1) is 24.0 Å². The Bertz CT molecular complexity index is 531. The van der Waals surface area contributed by atoms with Crippen LogP contribution in [0.25, 0.3) is 0 Å². The predicted molar refractivity (Wildman–Crippen MR) is 114 cm³/mol. The summed E-state index contributed by atoms with van der Waals surface area (Å²) in [6.07, 6.45) is 7.12. The van der Waals surface area contributed by atoms with Crippen LogP contribution in [-0.2, 0) is 6.54 Å². The third-order valence-electron chi connectivity index (χ3n) is 5.08. The Hall–Kier alpha value is -0.760. The summed E-state index contributed by atoms with van der Waals surface area (Å²) in [6, 6.07) is 2.05. The number of nitrogens with zero attached hydrogens (tertiary/aromatic N) is 1. The molecule has 1 aliphatic carbocycles. The molecule has 3 N–H and O–H groups in total. The van der Waals surface area contributed by atoms with E-state index in [-0.39, 0.29) is 36.0 Å². The second-order valence-electron chi connectivity index (χ2n) is 7.02. The molecule has 0 aliphatic heterocycles. The summed E-state index contributed by atoms with van der Waals surface area (Å²) in [5.41, 5.74) is 1.35. The van der Waals surface area contributed by atoms with E-state index in [1.54, 1.807) is 0 Å². The van der Waals surface area contributed by atoms with Crippen LogP contribution in [0.5, 0.6) is 0 Å². The van der Waals surface area contributed by atoms with Crippen molar-refractivity contribution in [3.05, 3.63) is 23.2 Å². The fourth-order valence-electron chi connectivity index (χ4n) is 3.67. The van der Waals surface area contributed by atoms with Gasteiger partial charge in [-0.2, -0.15) is 0 Å². The van der Waals surface area contributed by atoms with Crippen molar-refractivity contribution in [3.63, 3.8) is 0 Å². The van der Waals surface area contributed by atoms with Crippen LogP contribution >= 0.6 is 24.0 Å². The van der Waals surface area contributed by atoms with Gasteiger partial charge in [-0.3, -0.25) is 0 Å². The molecule has 1 aromatic heterocycles. The third kappa shape index (κ3) is 6.81. The number of aliphatic hydroxyl groups excluding tert-OH is 1. The number of guanidine groups is 1. The lowest BCUT2D eigenvalue weighted by Crippen LogP contribution is -2.44. The van der Waals surface area contributed by atoms with Crippen LogP contribution in [0.2, 0.25) is 0 Å². The lowest BCUT2D eigenvalue weighted by Gasteiger charge is -2.37. The summed E-state index contributed by atoms with van der Waals surface area (Å²) >= 11 is 0. The summed E-state index contributed by atoms with van der Waals surface area (Å²) in [5, 5.41) is 16.3. The molecular formula is C19H34IN3O2. The molecule has 0 atom stereocenters. The second kappa shape index (κ2) is 11.1. The average molecular weight is 463 g/mol. The smallest absolute Gasteiger partial charge is 0.191 e. The number of aliphatic imine (C=N–C) groups is 1. The normalized spacial score (nSPS) is 17.0. The molecule has 5 nitrogen and oxygen atoms in total. The topological polar surface area (TPSA) is 69.8 Å². The molecule has 6 heteroatoms. The largest absolute Gasteiger partial charge is 0.466 e. The number of rotatable bonds is 7. The van der Waals surface area contributed by atoms with Crippen molar-refractivity contribution in [2.24, 2.45) is 10.4 Å². The minimum absolute atomic E-state index is 0. The van der Waals surface area contributed by atoms with E-state index in [4.69, 9.17) is 9.41 Å². The highest BCUT2D eigenvalue weighted by molar-refractivity contribution is 14.0. The van der Waals surface area contributed by atoms with Gasteiger partial charge in [-0.05, 0) is 51.5 Å². The Morgan fingerprint density at radius 2 is 1.96 bits per heavy atom. The fourth-order valence-corrected chi connectivity index (χ4v) is 3.67. The van der Waals surface area contributed by atoms with E-state index in [0.717, 1.165) is 42.6 Å². The number of halogens is 1. The molecule has 0 aromatic carbocycles. The molecule has 144 valence electrons. The van der Waals surface area contributed by atoms with E-state index < -0.39 is 0 Å². The molecule has 25 heavy (non-hydrogen) atoms. The van der Waals surface area contributed by atoms with E-state index in [9.17, 15) is 5.11 Å². The van der Waals surface area contributed by atoms with Crippen molar-refractivity contribution in [3.8, 4) is 0 Å². The molecule has 1 aliphatic rings. The zero-order chi connectivity index (χ0) is 17.4. The number of hydrogen-bond acceptors (Lipinski definition) is 3. The first-order valence-corrected chi connectivity index (χ1v) is 9.27. The number of hydrogen-bond donors (Lipinski definition) is 3. The van der Waals surface area contributed by atoms with Gasteiger partial charge in [-0.25, -0.2) is 4.99 Å². The Morgan fingerprint density at radius 1 is 1.24 bits per heavy atom. The highest BCUT2D eigenvalue weighted by Crippen LogP contribution is 2.38. The van der Waals surface area contributed by atoms with Crippen molar-refractivity contribution in [1.82, 2.24) is 10.6 Å². The highest BCUT2D eigenvalue weighted by Gasteiger charge is 2.31. The molecule has 1 fully saturated rings. The molecule has 0 amide bonds. The molecule has 0 radical (unpaired) electrons. The van der Waals surface area contributed by atoms with Gasteiger partial charge in [0.2, 0.25) is 0 Å². The van der Waals surface area contributed by atoms with Gasteiger partial charge < -0.3 is 20.2 Å². The Labute approximate surface area is 169 Å². The fraction of sp³-hybridized carbons (Fsp3) is 0.737. The number of aryl methyl sites for hydroxylation is 2. The minimum atomic E-state index is 0. The van der Waals surface area contributed by atoms with E-state index in [1.807, 2.05) is 13.8 Å². The Balaban J connectivity index is 0.00000312. The molecule has 0 bridgehead atoms. The molecule has 1 saturated carbocycles. The second-order valence-corrected chi connectivity index (χ2v) is 7.02. The molecule has 0 unspecified atom stereocenters. The standard InChI is InChI=1S/C19H33N3O2.HI/c1-4-20-18(21-13-17-12-15(2)24-16(17)3)22-14-19(10-11-23)8-6-5-7-9-19;/h12,23H,4-11,13-14H2,1-3H3,(H2,20,21,22);1H. The SMILES string of the molecule is CCNC(=NCc1cc(C)oc1C)NCC1(CCO)CCCCC1.I. The predicted octanol–water partition coefficient (Wildman–Crippen LogP) is 3.90. The maximum absolute atomic E-state index is 9.45. The first-order chi connectivity index (χ1) is 11.6. The quantitative estimate of drug-likeness (QED) is 0.326. The van der Waals surface area contributed by atoms with Crippen LogP contribution in [0.1, 0.15) is 62.5 Å². The van der Waals surface area contributed by atoms with Crippen LogP contribution in [0.15, 0.2) is 15.5 Å². The highest BCUT2D eigenvalue weighted by atomic mass is 127. The number of furan rings is 1. The van der Waals surface area contributed by atoms with Gasteiger partial charge in [0, 0.05) is 25.3 Å². The number of nitrogens with one attached hydrogen (secondary N) is 2. The average Bonchev–Trinajstić information content (AvgIpc) is 2.89. The van der Waals surface area contributed by atoms with Crippen LogP contribution in [0.3, 0.4) is 0 Å². The lowest BCUT2D eigenvalue weighted by molar-refractivity contribution is 0.131. The summed E-state index contributed by atoms with van der Waals surface area (Å²) in [7, 11) is 0. The van der Waals surface area contributed by atoms with Crippen molar-refractivity contribution < 1.29 is 9.52 Å². The van der Waals surface area contributed by atoms with Gasteiger partial charge in [0.1, 0.15) is 11.5 Å². The summed E-state index contributed by atoms with van der Waals surface area (Å²) in [6.45, 7) is 8.62. The van der Waals surface area contributed by atoms with Crippen LogP contribution in [-0.4, -0.2) is 30.8 Å². The lowest BCUT2D eigenvalue weighted by atomic mass is 9.72. The minimum Gasteiger partial charge on any atom is -0.466 e. The van der Waals surface area contributed by atoms with Gasteiger partial charge in [0.15, 0.2) is 5.96 Å². The zero-order valence-corrected chi connectivity index (χ0v) is 18.2. The molecule has 0 saturated heterocycles. The Morgan fingerprint density at radius 3 is 2.52 bits per heavy atom. The molecule has 1 heterocycles. The third-order valence-corrected chi connectivity index (χ3v) is 5.08. The van der Waals surface area contributed by atoms with Crippen LogP contribution < -0.4 is 10.6 Å². The number of aliphatic hydroxyl groups is 1. The molecule has 0 spiro atoms. The van der Waals surface area contributed by atoms with Crippen molar-refractivity contribution >= 4 is 29.9 Å². The van der Waals surface area contributed by atoms with Gasteiger partial charge in [0.25, 0.3) is 0 Å². The van der Waals surface area contributed by atoms with Crippen molar-refractivity contribution in [2.75, 3.05) is 19.7 Å².